The van der Waals surface area contributed by atoms with Crippen LogP contribution in [-0.4, -0.2) is 19.2 Å². The fourth-order valence-corrected chi connectivity index (χ4v) is 1.56. The number of rotatable bonds is 3. The summed E-state index contributed by atoms with van der Waals surface area (Å²) in [6.07, 6.45) is 3.77. The van der Waals surface area contributed by atoms with Gasteiger partial charge in [-0.15, -0.1) is 0 Å². The van der Waals surface area contributed by atoms with E-state index in [9.17, 15) is 8.42 Å². The van der Waals surface area contributed by atoms with Gasteiger partial charge in [0, 0.05) is 12.4 Å². The normalized spacial score (nSPS) is 11.4. The molecular formula is C7H9NO2S2. The van der Waals surface area contributed by atoms with E-state index in [1.54, 1.807) is 24.5 Å². The molecule has 3 nitrogen and oxygen atoms in total. The molecule has 0 aliphatic heterocycles. The molecule has 0 bridgehead atoms. The number of aryl methyl sites for hydroxylation is 1. The van der Waals surface area contributed by atoms with Gasteiger partial charge in [0.05, 0.1) is 5.75 Å². The maximum Gasteiger partial charge on any atom is 0.199 e. The Labute approximate surface area is 76.6 Å². The van der Waals surface area contributed by atoms with Crippen LogP contribution >= 0.6 is 11.7 Å². The van der Waals surface area contributed by atoms with E-state index < -0.39 is 8.87 Å². The zero-order chi connectivity index (χ0) is 9.03. The summed E-state index contributed by atoms with van der Waals surface area (Å²) in [5.41, 5.74) is 0.961. The molecule has 0 N–H and O–H groups in total. The molecule has 0 aromatic carbocycles. The van der Waals surface area contributed by atoms with E-state index in [1.165, 1.54) is 0 Å². The van der Waals surface area contributed by atoms with Crippen LogP contribution in [0.5, 0.6) is 0 Å². The van der Waals surface area contributed by atoms with Crippen molar-refractivity contribution in [1.29, 1.82) is 0 Å². The first-order valence-corrected chi connectivity index (χ1v) is 6.12. The van der Waals surface area contributed by atoms with E-state index in [0.29, 0.717) is 6.42 Å². The number of nitrogens with zero attached hydrogens (tertiary/aromatic N) is 1. The lowest BCUT2D eigenvalue weighted by Crippen LogP contribution is -2.00. The van der Waals surface area contributed by atoms with E-state index in [-0.39, 0.29) is 5.75 Å². The molecule has 1 rings (SSSR count). The Morgan fingerprint density at radius 1 is 1.33 bits per heavy atom. The van der Waals surface area contributed by atoms with Crippen molar-refractivity contribution in [3.05, 3.63) is 30.1 Å². The number of hydrogen-bond donors (Lipinski definition) is 1. The van der Waals surface area contributed by atoms with Crippen LogP contribution in [0.15, 0.2) is 24.5 Å². The molecule has 0 saturated carbocycles. The van der Waals surface area contributed by atoms with Gasteiger partial charge in [-0.05, 0) is 35.8 Å². The average molecular weight is 203 g/mol. The summed E-state index contributed by atoms with van der Waals surface area (Å²) < 4.78 is 21.3. The lowest BCUT2D eigenvalue weighted by Gasteiger charge is -1.97. The summed E-state index contributed by atoms with van der Waals surface area (Å²) in [5, 5.41) is 0. The summed E-state index contributed by atoms with van der Waals surface area (Å²) >= 11 is 3.44. The highest BCUT2D eigenvalue weighted by molar-refractivity contribution is 8.63. The smallest absolute Gasteiger partial charge is 0.199 e. The summed E-state index contributed by atoms with van der Waals surface area (Å²) in [6, 6.07) is 3.58. The number of hydrogen-bond acceptors (Lipinski definition) is 3. The fraction of sp³-hybridized carbons (Fsp3) is 0.286. The molecule has 0 unspecified atom stereocenters. The van der Waals surface area contributed by atoms with Crippen molar-refractivity contribution in [3.8, 4) is 0 Å². The lowest BCUT2D eigenvalue weighted by atomic mass is 10.2. The maximum atomic E-state index is 10.7. The minimum absolute atomic E-state index is 0.0696. The van der Waals surface area contributed by atoms with E-state index in [0.717, 1.165) is 5.56 Å². The first-order chi connectivity index (χ1) is 5.58. The van der Waals surface area contributed by atoms with E-state index in [4.69, 9.17) is 0 Å². The third kappa shape index (κ3) is 3.73. The zero-order valence-electron chi connectivity index (χ0n) is 6.34. The van der Waals surface area contributed by atoms with Crippen LogP contribution < -0.4 is 0 Å². The minimum Gasteiger partial charge on any atom is -0.265 e. The van der Waals surface area contributed by atoms with Gasteiger partial charge in [-0.3, -0.25) is 4.98 Å². The Balaban J connectivity index is 2.56. The van der Waals surface area contributed by atoms with Crippen molar-refractivity contribution in [2.24, 2.45) is 0 Å². The molecule has 0 fully saturated rings. The van der Waals surface area contributed by atoms with Crippen LogP contribution in [0.4, 0.5) is 0 Å². The highest BCUT2D eigenvalue weighted by Gasteiger charge is 2.02. The first kappa shape index (κ1) is 9.54. The van der Waals surface area contributed by atoms with Gasteiger partial charge in [0.15, 0.2) is 8.87 Å². The predicted octanol–water partition coefficient (Wildman–Crippen LogP) is 0.884. The molecule has 0 radical (unpaired) electrons. The van der Waals surface area contributed by atoms with E-state index in [1.807, 2.05) is 0 Å². The van der Waals surface area contributed by atoms with Gasteiger partial charge < -0.3 is 0 Å². The van der Waals surface area contributed by atoms with Crippen molar-refractivity contribution in [2.75, 3.05) is 5.75 Å². The zero-order valence-corrected chi connectivity index (χ0v) is 8.05. The van der Waals surface area contributed by atoms with Gasteiger partial charge in [0.2, 0.25) is 0 Å². The predicted molar refractivity (Wildman–Crippen MR) is 50.7 cm³/mol. The van der Waals surface area contributed by atoms with Gasteiger partial charge in [0.1, 0.15) is 0 Å². The molecule has 66 valence electrons. The van der Waals surface area contributed by atoms with Gasteiger partial charge in [-0.2, -0.15) is 0 Å². The molecule has 5 heteroatoms. The van der Waals surface area contributed by atoms with Crippen molar-refractivity contribution in [3.63, 3.8) is 0 Å². The van der Waals surface area contributed by atoms with Crippen LogP contribution in [0, 0.1) is 0 Å². The van der Waals surface area contributed by atoms with Crippen LogP contribution in [-0.2, 0) is 15.3 Å². The van der Waals surface area contributed by atoms with Crippen molar-refractivity contribution < 1.29 is 8.42 Å². The standard InChI is InChI=1S/C7H9NO2S2/c9-12(10,11)6-3-7-1-4-8-5-2-7/h1-2,4-5H,3,6H2,(H,9,10,11). The Kier molecular flexibility index (Phi) is 3.11. The summed E-state index contributed by atoms with van der Waals surface area (Å²) in [7, 11) is -3.15. The summed E-state index contributed by atoms with van der Waals surface area (Å²) in [4.78, 5) is 3.82. The second-order valence-corrected chi connectivity index (χ2v) is 5.63. The monoisotopic (exact) mass is 203 g/mol. The second kappa shape index (κ2) is 3.91. The van der Waals surface area contributed by atoms with Gasteiger partial charge in [-0.25, -0.2) is 8.42 Å². The lowest BCUT2D eigenvalue weighted by molar-refractivity contribution is 0.610. The second-order valence-electron chi connectivity index (χ2n) is 2.39. The molecule has 0 spiro atoms. The molecule has 1 aromatic heterocycles. The van der Waals surface area contributed by atoms with Crippen LogP contribution in [0.3, 0.4) is 0 Å². The van der Waals surface area contributed by atoms with Crippen LogP contribution in [0.1, 0.15) is 5.56 Å². The molecule has 0 atom stereocenters. The highest BCUT2D eigenvalue weighted by atomic mass is 33.1. The third-order valence-corrected chi connectivity index (χ3v) is 2.67. The molecule has 0 saturated heterocycles. The van der Waals surface area contributed by atoms with Crippen LogP contribution in [0.2, 0.25) is 0 Å². The quantitative estimate of drug-likeness (QED) is 0.586. The van der Waals surface area contributed by atoms with Gasteiger partial charge >= 0.3 is 0 Å². The Morgan fingerprint density at radius 2 is 1.92 bits per heavy atom. The molecular weight excluding hydrogens is 194 g/mol. The topological polar surface area (TPSA) is 47.0 Å². The molecule has 1 heterocycles. The first-order valence-electron chi connectivity index (χ1n) is 3.42. The molecule has 0 aliphatic rings. The number of aromatic nitrogens is 1. The fourth-order valence-electron chi connectivity index (χ4n) is 0.796. The Hall–Kier alpha value is -0.550. The van der Waals surface area contributed by atoms with Gasteiger partial charge in [-0.1, -0.05) is 0 Å². The van der Waals surface area contributed by atoms with Crippen molar-refractivity contribution in [2.45, 2.75) is 6.42 Å². The molecule has 1 aromatic rings. The van der Waals surface area contributed by atoms with E-state index >= 15 is 0 Å². The molecule has 12 heavy (non-hydrogen) atoms. The minimum atomic E-state index is -3.15. The highest BCUT2D eigenvalue weighted by Crippen LogP contribution is 2.02. The average Bonchev–Trinajstić information content (AvgIpc) is 2.02. The summed E-state index contributed by atoms with van der Waals surface area (Å²) in [6.45, 7) is 0. The SMILES string of the molecule is O=S(=O)(S)CCc1ccncc1. The number of thiol groups is 1. The van der Waals surface area contributed by atoms with Crippen molar-refractivity contribution in [1.82, 2.24) is 4.98 Å². The molecule has 0 aliphatic carbocycles. The summed E-state index contributed by atoms with van der Waals surface area (Å²) in [5.74, 6) is 0.0696. The van der Waals surface area contributed by atoms with Gasteiger partial charge in [0.25, 0.3) is 0 Å². The largest absolute Gasteiger partial charge is 0.265 e. The van der Waals surface area contributed by atoms with E-state index in [2.05, 4.69) is 16.6 Å². The number of pyridine rings is 1. The Bertz CT molecular complexity index is 334. The van der Waals surface area contributed by atoms with Crippen LogP contribution in [0.25, 0.3) is 0 Å². The third-order valence-electron chi connectivity index (χ3n) is 1.40. The van der Waals surface area contributed by atoms with Crippen molar-refractivity contribution >= 4 is 20.5 Å². The Morgan fingerprint density at radius 3 is 2.42 bits per heavy atom. The molecule has 0 amide bonds. The maximum absolute atomic E-state index is 10.7.